The monoisotopic (exact) mass is 452 g/mol. The summed E-state index contributed by atoms with van der Waals surface area (Å²) < 4.78 is 11.6. The Labute approximate surface area is 191 Å². The number of rotatable bonds is 10. The number of hydrogen-bond donors (Lipinski definition) is 3. The smallest absolute Gasteiger partial charge is 0.311 e. The molecule has 0 amide bonds. The molecule has 0 radical (unpaired) electrons. The Balaban J connectivity index is 2.30. The van der Waals surface area contributed by atoms with E-state index < -0.39 is 47.5 Å². The topological polar surface area (TPSA) is 113 Å². The third-order valence-corrected chi connectivity index (χ3v) is 6.62. The zero-order valence-electron chi connectivity index (χ0n) is 20.1. The fourth-order valence-corrected chi connectivity index (χ4v) is 4.60. The number of hydrogen-bond acceptors (Lipinski definition) is 7. The predicted octanol–water partition coefficient (Wildman–Crippen LogP) is 4.89. The largest absolute Gasteiger partial charge is 0.512 e. The van der Waals surface area contributed by atoms with E-state index in [4.69, 9.17) is 9.47 Å². The van der Waals surface area contributed by atoms with Crippen LogP contribution in [0, 0.1) is 17.3 Å². The van der Waals surface area contributed by atoms with Crippen LogP contribution >= 0.6 is 0 Å². The van der Waals surface area contributed by atoms with E-state index in [9.17, 15) is 24.9 Å². The van der Waals surface area contributed by atoms with E-state index in [0.29, 0.717) is 18.4 Å². The van der Waals surface area contributed by atoms with Crippen molar-refractivity contribution in [1.29, 1.82) is 0 Å². The van der Waals surface area contributed by atoms with Crippen LogP contribution < -0.4 is 0 Å². The first-order chi connectivity index (χ1) is 15.0. The second kappa shape index (κ2) is 11.2. The molecule has 2 aliphatic carbocycles. The minimum absolute atomic E-state index is 0.0145. The molecule has 0 heterocycles. The molecular formula is C25H40O7. The van der Waals surface area contributed by atoms with Gasteiger partial charge in [-0.1, -0.05) is 46.5 Å². The maximum Gasteiger partial charge on any atom is 0.311 e. The van der Waals surface area contributed by atoms with Crippen LogP contribution in [0.4, 0.5) is 0 Å². The highest BCUT2D eigenvalue weighted by atomic mass is 16.6. The first-order valence-corrected chi connectivity index (χ1v) is 11.9. The second-order valence-electron chi connectivity index (χ2n) is 9.83. The lowest BCUT2D eigenvalue weighted by atomic mass is 9.71. The van der Waals surface area contributed by atoms with Gasteiger partial charge in [-0.2, -0.15) is 0 Å². The van der Waals surface area contributed by atoms with Crippen molar-refractivity contribution >= 4 is 11.9 Å². The van der Waals surface area contributed by atoms with Gasteiger partial charge in [-0.3, -0.25) is 9.59 Å². The molecule has 0 saturated carbocycles. The van der Waals surface area contributed by atoms with Crippen LogP contribution in [-0.4, -0.2) is 45.6 Å². The molecule has 2 rings (SSSR count). The highest BCUT2D eigenvalue weighted by molar-refractivity contribution is 5.76. The zero-order chi connectivity index (χ0) is 24.1. The molecule has 5 unspecified atom stereocenters. The number of unbranched alkanes of at least 4 members (excludes halogenated alkanes) is 3. The Hall–Kier alpha value is -2.02. The Kier molecular flexibility index (Phi) is 9.19. The summed E-state index contributed by atoms with van der Waals surface area (Å²) in [5, 5.41) is 31.7. The third kappa shape index (κ3) is 6.06. The Morgan fingerprint density at radius 1 is 1.06 bits per heavy atom. The van der Waals surface area contributed by atoms with Gasteiger partial charge in [0, 0.05) is 18.4 Å². The average Bonchev–Trinajstić information content (AvgIpc) is 2.71. The van der Waals surface area contributed by atoms with E-state index in [1.807, 2.05) is 6.92 Å². The van der Waals surface area contributed by atoms with Crippen molar-refractivity contribution in [2.24, 2.45) is 17.3 Å². The first kappa shape index (κ1) is 26.2. The van der Waals surface area contributed by atoms with E-state index in [1.165, 1.54) is 6.08 Å². The lowest BCUT2D eigenvalue weighted by molar-refractivity contribution is -0.180. The van der Waals surface area contributed by atoms with Gasteiger partial charge >= 0.3 is 11.9 Å². The maximum absolute atomic E-state index is 12.9. The fourth-order valence-electron chi connectivity index (χ4n) is 4.60. The SMILES string of the molecule is CCCCCCC(=O)OC1C(C)C(O)=CC2=C(O)CC(O)C(OC(=O)C(C)(C)CCC)C21. The van der Waals surface area contributed by atoms with Gasteiger partial charge in [0.05, 0.1) is 34.9 Å². The molecule has 0 saturated heterocycles. The molecule has 0 bridgehead atoms. The number of carbonyl (C=O) groups is 2. The number of aliphatic hydroxyl groups is 3. The highest BCUT2D eigenvalue weighted by Crippen LogP contribution is 2.44. The lowest BCUT2D eigenvalue weighted by Gasteiger charge is -2.44. The van der Waals surface area contributed by atoms with Crippen LogP contribution in [0.2, 0.25) is 0 Å². The standard InChI is InChI=1S/C25H40O7/c1-6-8-9-10-11-20(29)31-22-15(3)17(26)13-16-18(27)14-19(28)23(21(16)22)32-24(30)25(4,5)12-7-2/h13,15,19,21-23,26-28H,6-12,14H2,1-5H3. The Bertz CT molecular complexity index is 737. The summed E-state index contributed by atoms with van der Waals surface area (Å²) >= 11 is 0. The van der Waals surface area contributed by atoms with Crippen molar-refractivity contribution < 1.29 is 34.4 Å². The molecule has 0 aromatic carbocycles. The molecule has 32 heavy (non-hydrogen) atoms. The number of carbonyl (C=O) groups excluding carboxylic acids is 2. The van der Waals surface area contributed by atoms with E-state index in [-0.39, 0.29) is 24.4 Å². The molecule has 7 heteroatoms. The highest BCUT2D eigenvalue weighted by Gasteiger charge is 2.51. The van der Waals surface area contributed by atoms with Crippen LogP contribution in [0.25, 0.3) is 0 Å². The molecule has 0 fully saturated rings. The minimum atomic E-state index is -1.14. The van der Waals surface area contributed by atoms with Crippen molar-refractivity contribution in [3.8, 4) is 0 Å². The van der Waals surface area contributed by atoms with Gasteiger partial charge in [-0.25, -0.2) is 0 Å². The van der Waals surface area contributed by atoms with Crippen molar-refractivity contribution in [2.75, 3.05) is 0 Å². The maximum atomic E-state index is 12.9. The van der Waals surface area contributed by atoms with Gasteiger partial charge in [0.1, 0.15) is 12.2 Å². The number of ether oxygens (including phenoxy) is 2. The van der Waals surface area contributed by atoms with Gasteiger partial charge in [-0.05, 0) is 32.8 Å². The predicted molar refractivity (Wildman–Crippen MR) is 121 cm³/mol. The summed E-state index contributed by atoms with van der Waals surface area (Å²) in [7, 11) is 0. The van der Waals surface area contributed by atoms with Gasteiger partial charge < -0.3 is 24.8 Å². The van der Waals surface area contributed by atoms with Crippen LogP contribution in [0.1, 0.15) is 86.0 Å². The van der Waals surface area contributed by atoms with Crippen LogP contribution in [0.3, 0.4) is 0 Å². The molecule has 0 aromatic rings. The van der Waals surface area contributed by atoms with Crippen molar-refractivity contribution in [2.45, 2.75) is 104 Å². The van der Waals surface area contributed by atoms with Crippen molar-refractivity contribution in [3.63, 3.8) is 0 Å². The van der Waals surface area contributed by atoms with Crippen molar-refractivity contribution in [3.05, 3.63) is 23.2 Å². The molecule has 5 atom stereocenters. The summed E-state index contributed by atoms with van der Waals surface area (Å²) in [6, 6.07) is 0. The first-order valence-electron chi connectivity index (χ1n) is 11.9. The average molecular weight is 453 g/mol. The summed E-state index contributed by atoms with van der Waals surface area (Å²) in [4.78, 5) is 25.5. The fraction of sp³-hybridized carbons (Fsp3) is 0.760. The van der Waals surface area contributed by atoms with Gasteiger partial charge in [0.2, 0.25) is 0 Å². The van der Waals surface area contributed by atoms with Gasteiger partial charge in [-0.15, -0.1) is 0 Å². The van der Waals surface area contributed by atoms with Gasteiger partial charge in [0.15, 0.2) is 0 Å². The summed E-state index contributed by atoms with van der Waals surface area (Å²) in [6.07, 6.45) is 3.76. The molecular weight excluding hydrogens is 412 g/mol. The number of aliphatic hydroxyl groups excluding tert-OH is 3. The summed E-state index contributed by atoms with van der Waals surface area (Å²) in [5.74, 6) is -2.27. The molecule has 0 aliphatic heterocycles. The quantitative estimate of drug-likeness (QED) is 0.319. The molecule has 0 spiro atoms. The second-order valence-corrected chi connectivity index (χ2v) is 9.83. The molecule has 3 N–H and O–H groups in total. The molecule has 182 valence electrons. The summed E-state index contributed by atoms with van der Waals surface area (Å²) in [6.45, 7) is 9.39. The minimum Gasteiger partial charge on any atom is -0.512 e. The van der Waals surface area contributed by atoms with Crippen molar-refractivity contribution in [1.82, 2.24) is 0 Å². The lowest BCUT2D eigenvalue weighted by Crippen LogP contribution is -2.52. The number of fused-ring (bicyclic) bond motifs is 1. The Morgan fingerprint density at radius 3 is 2.38 bits per heavy atom. The van der Waals surface area contributed by atoms with Crippen LogP contribution in [0.15, 0.2) is 23.2 Å². The van der Waals surface area contributed by atoms with Crippen LogP contribution in [0.5, 0.6) is 0 Å². The number of allylic oxidation sites excluding steroid dienone is 1. The molecule has 2 aliphatic rings. The van der Waals surface area contributed by atoms with Crippen LogP contribution in [-0.2, 0) is 19.1 Å². The zero-order valence-corrected chi connectivity index (χ0v) is 20.1. The summed E-state index contributed by atoms with van der Waals surface area (Å²) in [5.41, 5.74) is -0.387. The Morgan fingerprint density at radius 2 is 1.75 bits per heavy atom. The van der Waals surface area contributed by atoms with E-state index >= 15 is 0 Å². The van der Waals surface area contributed by atoms with E-state index in [0.717, 1.165) is 25.7 Å². The molecule has 0 aromatic heterocycles. The van der Waals surface area contributed by atoms with E-state index in [1.54, 1.807) is 20.8 Å². The number of esters is 2. The van der Waals surface area contributed by atoms with Gasteiger partial charge in [0.25, 0.3) is 0 Å². The normalized spacial score (nSPS) is 28.1. The third-order valence-electron chi connectivity index (χ3n) is 6.62. The molecule has 7 nitrogen and oxygen atoms in total. The van der Waals surface area contributed by atoms with E-state index in [2.05, 4.69) is 6.92 Å².